The highest BCUT2D eigenvalue weighted by molar-refractivity contribution is 5.60. The highest BCUT2D eigenvalue weighted by Crippen LogP contribution is 2.32. The number of benzene rings is 1. The number of ether oxygens (including phenoxy) is 1. The van der Waals surface area contributed by atoms with E-state index in [0.717, 1.165) is 23.5 Å². The first-order chi connectivity index (χ1) is 8.34. The number of rotatable bonds is 2. The second kappa shape index (κ2) is 4.01. The molecule has 0 spiro atoms. The van der Waals surface area contributed by atoms with Crippen LogP contribution in [0.3, 0.4) is 0 Å². The van der Waals surface area contributed by atoms with Gasteiger partial charge >= 0.3 is 0 Å². The fourth-order valence-corrected chi connectivity index (χ4v) is 1.98. The van der Waals surface area contributed by atoms with Crippen molar-refractivity contribution in [2.24, 2.45) is 0 Å². The van der Waals surface area contributed by atoms with Crippen LogP contribution in [0.2, 0.25) is 0 Å². The zero-order valence-electron chi connectivity index (χ0n) is 9.30. The quantitative estimate of drug-likeness (QED) is 0.851. The Morgan fingerprint density at radius 3 is 3.06 bits per heavy atom. The van der Waals surface area contributed by atoms with Crippen molar-refractivity contribution in [2.45, 2.75) is 6.54 Å². The predicted octanol–water partition coefficient (Wildman–Crippen LogP) is 1.66. The van der Waals surface area contributed by atoms with Gasteiger partial charge in [0.05, 0.1) is 30.5 Å². The molecule has 0 unspecified atom stereocenters. The van der Waals surface area contributed by atoms with Gasteiger partial charge in [-0.15, -0.1) is 0 Å². The average molecular weight is 231 g/mol. The molecule has 0 aliphatic carbocycles. The zero-order chi connectivity index (χ0) is 11.7. The number of nitrogen functional groups attached to an aromatic ring is 1. The third-order valence-electron chi connectivity index (χ3n) is 2.86. The lowest BCUT2D eigenvalue weighted by Crippen LogP contribution is -2.32. The number of nitrogens with two attached hydrogens (primary N) is 1. The molecule has 5 nitrogen and oxygen atoms in total. The Morgan fingerprint density at radius 2 is 2.24 bits per heavy atom. The summed E-state index contributed by atoms with van der Waals surface area (Å²) in [4.78, 5) is 2.21. The molecule has 2 N–H and O–H groups in total. The van der Waals surface area contributed by atoms with Crippen LogP contribution >= 0.6 is 0 Å². The molecule has 1 aromatic carbocycles. The first kappa shape index (κ1) is 10.0. The minimum Gasteiger partial charge on any atom is -0.490 e. The lowest BCUT2D eigenvalue weighted by Gasteiger charge is -2.30. The number of para-hydroxylation sites is 2. The second-order valence-corrected chi connectivity index (χ2v) is 3.95. The van der Waals surface area contributed by atoms with E-state index in [1.54, 1.807) is 6.20 Å². The Labute approximate surface area is 98.8 Å². The second-order valence-electron chi connectivity index (χ2n) is 3.95. The Hall–Kier alpha value is -2.17. The molecule has 0 amide bonds. The van der Waals surface area contributed by atoms with E-state index in [0.29, 0.717) is 19.0 Å². The van der Waals surface area contributed by atoms with Crippen molar-refractivity contribution < 1.29 is 9.26 Å². The molecule has 2 aromatic rings. The van der Waals surface area contributed by atoms with E-state index in [4.69, 9.17) is 15.0 Å². The summed E-state index contributed by atoms with van der Waals surface area (Å²) in [5.74, 6) is 1.29. The van der Waals surface area contributed by atoms with Crippen LogP contribution in [0.5, 0.6) is 5.75 Å². The topological polar surface area (TPSA) is 64.5 Å². The van der Waals surface area contributed by atoms with Gasteiger partial charge in [0.1, 0.15) is 12.4 Å². The molecule has 17 heavy (non-hydrogen) atoms. The maximum atomic E-state index is 5.69. The minimum atomic E-state index is 0.383. The third-order valence-corrected chi connectivity index (χ3v) is 2.86. The van der Waals surface area contributed by atoms with E-state index in [1.807, 2.05) is 24.3 Å². The summed E-state index contributed by atoms with van der Waals surface area (Å²) < 4.78 is 10.5. The van der Waals surface area contributed by atoms with Crippen molar-refractivity contribution in [2.75, 3.05) is 23.8 Å². The highest BCUT2D eigenvalue weighted by Gasteiger charge is 2.19. The molecule has 88 valence electrons. The van der Waals surface area contributed by atoms with Crippen LogP contribution in [0, 0.1) is 0 Å². The average Bonchev–Trinajstić information content (AvgIpc) is 2.76. The van der Waals surface area contributed by atoms with Gasteiger partial charge in [-0.1, -0.05) is 17.3 Å². The maximum Gasteiger partial charge on any atom is 0.227 e. The fourth-order valence-electron chi connectivity index (χ4n) is 1.98. The van der Waals surface area contributed by atoms with Gasteiger partial charge < -0.3 is 19.9 Å². The van der Waals surface area contributed by atoms with Crippen molar-refractivity contribution in [3.8, 4) is 5.75 Å². The molecule has 5 heteroatoms. The summed E-state index contributed by atoms with van der Waals surface area (Å²) in [6.45, 7) is 2.21. The lowest BCUT2D eigenvalue weighted by atomic mass is 10.2. The molecular weight excluding hydrogens is 218 g/mol. The standard InChI is InChI=1S/C12H13N3O2/c13-12-9(7-14-17-12)8-15-5-6-16-11-4-2-1-3-10(11)15/h1-4,7H,5-6,8,13H2. The van der Waals surface area contributed by atoms with Crippen LogP contribution in [0.1, 0.15) is 5.56 Å². The number of aromatic nitrogens is 1. The Kier molecular flexibility index (Phi) is 2.36. The first-order valence-electron chi connectivity index (χ1n) is 5.50. The van der Waals surface area contributed by atoms with E-state index in [9.17, 15) is 0 Å². The molecule has 1 aliphatic rings. The van der Waals surface area contributed by atoms with Crippen molar-refractivity contribution >= 4 is 11.6 Å². The number of hydrogen-bond donors (Lipinski definition) is 1. The molecule has 0 atom stereocenters. The van der Waals surface area contributed by atoms with Crippen molar-refractivity contribution in [3.05, 3.63) is 36.0 Å². The van der Waals surface area contributed by atoms with Gasteiger partial charge in [0.25, 0.3) is 0 Å². The van der Waals surface area contributed by atoms with Crippen LogP contribution in [-0.4, -0.2) is 18.3 Å². The van der Waals surface area contributed by atoms with E-state index < -0.39 is 0 Å². The summed E-state index contributed by atoms with van der Waals surface area (Å²) >= 11 is 0. The Balaban J connectivity index is 1.88. The SMILES string of the molecule is Nc1oncc1CN1CCOc2ccccc21. The lowest BCUT2D eigenvalue weighted by molar-refractivity contribution is 0.307. The normalized spacial score (nSPS) is 14.2. The number of hydrogen-bond acceptors (Lipinski definition) is 5. The van der Waals surface area contributed by atoms with Gasteiger partial charge in [0.2, 0.25) is 5.88 Å². The van der Waals surface area contributed by atoms with Gasteiger partial charge in [-0.25, -0.2) is 0 Å². The number of anilines is 2. The molecule has 0 saturated carbocycles. The third kappa shape index (κ3) is 1.80. The molecular formula is C12H13N3O2. The molecule has 1 aromatic heterocycles. The van der Waals surface area contributed by atoms with Crippen molar-refractivity contribution in [1.82, 2.24) is 5.16 Å². The van der Waals surface area contributed by atoms with Gasteiger partial charge in [-0.2, -0.15) is 0 Å². The molecule has 0 bridgehead atoms. The number of fused-ring (bicyclic) bond motifs is 1. The van der Waals surface area contributed by atoms with Gasteiger partial charge in [0.15, 0.2) is 0 Å². The molecule has 0 saturated heterocycles. The fraction of sp³-hybridized carbons (Fsp3) is 0.250. The largest absolute Gasteiger partial charge is 0.490 e. The molecule has 1 aliphatic heterocycles. The summed E-state index contributed by atoms with van der Waals surface area (Å²) in [7, 11) is 0. The van der Waals surface area contributed by atoms with Gasteiger partial charge in [0, 0.05) is 0 Å². The summed E-state index contributed by atoms with van der Waals surface area (Å²) in [5.41, 5.74) is 7.68. The smallest absolute Gasteiger partial charge is 0.227 e. The number of nitrogens with zero attached hydrogens (tertiary/aromatic N) is 2. The molecule has 2 heterocycles. The van der Waals surface area contributed by atoms with Crippen LogP contribution < -0.4 is 15.4 Å². The highest BCUT2D eigenvalue weighted by atomic mass is 16.5. The van der Waals surface area contributed by atoms with Crippen LogP contribution in [0.15, 0.2) is 35.0 Å². The van der Waals surface area contributed by atoms with Crippen LogP contribution in [-0.2, 0) is 6.54 Å². The molecule has 0 fully saturated rings. The minimum absolute atomic E-state index is 0.383. The first-order valence-corrected chi connectivity index (χ1v) is 5.50. The van der Waals surface area contributed by atoms with Crippen LogP contribution in [0.25, 0.3) is 0 Å². The van der Waals surface area contributed by atoms with Gasteiger partial charge in [-0.3, -0.25) is 0 Å². The van der Waals surface area contributed by atoms with Crippen LogP contribution in [0.4, 0.5) is 11.6 Å². The van der Waals surface area contributed by atoms with Crippen molar-refractivity contribution in [3.63, 3.8) is 0 Å². The predicted molar refractivity (Wildman–Crippen MR) is 63.9 cm³/mol. The molecule has 0 radical (unpaired) electrons. The van der Waals surface area contributed by atoms with E-state index in [2.05, 4.69) is 10.1 Å². The Morgan fingerprint density at radius 1 is 1.35 bits per heavy atom. The van der Waals surface area contributed by atoms with Gasteiger partial charge in [-0.05, 0) is 12.1 Å². The van der Waals surface area contributed by atoms with Crippen molar-refractivity contribution in [1.29, 1.82) is 0 Å². The summed E-state index contributed by atoms with van der Waals surface area (Å²) in [5, 5.41) is 3.69. The zero-order valence-corrected chi connectivity index (χ0v) is 9.30. The van der Waals surface area contributed by atoms with E-state index >= 15 is 0 Å². The maximum absolute atomic E-state index is 5.69. The summed E-state index contributed by atoms with van der Waals surface area (Å²) in [6, 6.07) is 7.98. The van der Waals surface area contributed by atoms with E-state index in [1.165, 1.54) is 0 Å². The monoisotopic (exact) mass is 231 g/mol. The Bertz CT molecular complexity index is 524. The van der Waals surface area contributed by atoms with E-state index in [-0.39, 0.29) is 0 Å². The molecule has 3 rings (SSSR count). The summed E-state index contributed by atoms with van der Waals surface area (Å²) in [6.07, 6.45) is 1.66.